The van der Waals surface area contributed by atoms with Gasteiger partial charge in [-0.3, -0.25) is 0 Å². The molecule has 3 rings (SSSR count). The number of benzene rings is 1. The van der Waals surface area contributed by atoms with Crippen LogP contribution in [-0.4, -0.2) is 14.8 Å². The highest BCUT2D eigenvalue weighted by atomic mass is 79.9. The summed E-state index contributed by atoms with van der Waals surface area (Å²) in [7, 11) is 0. The Morgan fingerprint density at radius 3 is 2.83 bits per heavy atom. The molecule has 18 heavy (non-hydrogen) atoms. The molecule has 1 aliphatic carbocycles. The van der Waals surface area contributed by atoms with E-state index in [1.165, 1.54) is 6.07 Å². The van der Waals surface area contributed by atoms with Gasteiger partial charge in [0.15, 0.2) is 11.6 Å². The second-order valence-corrected chi connectivity index (χ2v) is 5.24. The van der Waals surface area contributed by atoms with Crippen LogP contribution in [0.3, 0.4) is 0 Å². The highest BCUT2D eigenvalue weighted by Gasteiger charge is 2.30. The molecule has 6 heteroatoms. The van der Waals surface area contributed by atoms with Gasteiger partial charge in [-0.2, -0.15) is 0 Å². The first-order valence-corrected chi connectivity index (χ1v) is 7.16. The predicted octanol–water partition coefficient (Wildman–Crippen LogP) is 3.97. The minimum Gasteiger partial charge on any atom is -0.307 e. The van der Waals surface area contributed by atoms with Gasteiger partial charge in [0.1, 0.15) is 5.82 Å². The molecular weight excluding hydrogens is 321 g/mol. The minimum absolute atomic E-state index is 0.109. The molecule has 1 fully saturated rings. The lowest BCUT2D eigenvalue weighted by atomic mass is 10.2. The molecule has 0 bridgehead atoms. The molecule has 0 amide bonds. The molecule has 1 aromatic carbocycles. The Labute approximate surface area is 117 Å². The van der Waals surface area contributed by atoms with Crippen molar-refractivity contribution in [3.05, 3.63) is 34.9 Å². The van der Waals surface area contributed by atoms with Gasteiger partial charge in [-0.05, 0) is 25.0 Å². The first-order chi connectivity index (χ1) is 8.72. The van der Waals surface area contributed by atoms with E-state index in [0.29, 0.717) is 22.8 Å². The van der Waals surface area contributed by atoms with Gasteiger partial charge in [0, 0.05) is 6.04 Å². The molecule has 1 aromatic heterocycles. The summed E-state index contributed by atoms with van der Waals surface area (Å²) in [6.45, 7) is 0. The Hall–Kier alpha value is -0.940. The Kier molecular flexibility index (Phi) is 3.11. The lowest BCUT2D eigenvalue weighted by Crippen LogP contribution is -2.02. The van der Waals surface area contributed by atoms with Gasteiger partial charge in [-0.25, -0.2) is 4.39 Å². The Morgan fingerprint density at radius 2 is 2.17 bits per heavy atom. The molecule has 2 aromatic rings. The van der Waals surface area contributed by atoms with Gasteiger partial charge in [-0.1, -0.05) is 33.6 Å². The summed E-state index contributed by atoms with van der Waals surface area (Å²) in [4.78, 5) is 0. The van der Waals surface area contributed by atoms with E-state index in [1.54, 1.807) is 12.1 Å². The van der Waals surface area contributed by atoms with Crippen molar-refractivity contribution in [3.63, 3.8) is 0 Å². The molecule has 0 saturated heterocycles. The van der Waals surface area contributed by atoms with Gasteiger partial charge in [0.25, 0.3) is 0 Å². The molecule has 0 aliphatic heterocycles. The molecule has 0 spiro atoms. The number of hydrogen-bond acceptors (Lipinski definition) is 2. The van der Waals surface area contributed by atoms with Gasteiger partial charge < -0.3 is 4.57 Å². The highest BCUT2D eigenvalue weighted by Crippen LogP contribution is 2.40. The Morgan fingerprint density at radius 1 is 1.39 bits per heavy atom. The van der Waals surface area contributed by atoms with Crippen molar-refractivity contribution in [2.24, 2.45) is 0 Å². The minimum atomic E-state index is -0.436. The summed E-state index contributed by atoms with van der Waals surface area (Å²) in [5.74, 6) is 0.952. The zero-order valence-corrected chi connectivity index (χ0v) is 11.7. The van der Waals surface area contributed by atoms with Gasteiger partial charge in [0.05, 0.1) is 15.9 Å². The quantitative estimate of drug-likeness (QED) is 0.797. The fraction of sp³-hybridized carbons (Fsp3) is 0.333. The second-order valence-electron chi connectivity index (χ2n) is 4.28. The van der Waals surface area contributed by atoms with Crippen LogP contribution in [0, 0.1) is 5.82 Å². The average molecular weight is 331 g/mol. The fourth-order valence-corrected chi connectivity index (χ4v) is 2.55. The van der Waals surface area contributed by atoms with Crippen LogP contribution in [0.15, 0.2) is 18.2 Å². The predicted molar refractivity (Wildman–Crippen MR) is 71.3 cm³/mol. The monoisotopic (exact) mass is 329 g/mol. The first-order valence-electron chi connectivity index (χ1n) is 5.66. The van der Waals surface area contributed by atoms with Crippen LogP contribution < -0.4 is 0 Å². The van der Waals surface area contributed by atoms with Crippen LogP contribution >= 0.6 is 27.5 Å². The van der Waals surface area contributed by atoms with Crippen LogP contribution in [0.4, 0.5) is 4.39 Å². The van der Waals surface area contributed by atoms with Crippen molar-refractivity contribution in [1.82, 2.24) is 14.8 Å². The summed E-state index contributed by atoms with van der Waals surface area (Å²) in [5, 5.41) is 8.92. The van der Waals surface area contributed by atoms with Crippen LogP contribution in [0.5, 0.6) is 0 Å². The number of nitrogens with zero attached hydrogens (tertiary/aromatic N) is 3. The Bertz CT molecular complexity index is 595. The van der Waals surface area contributed by atoms with E-state index in [4.69, 9.17) is 11.6 Å². The van der Waals surface area contributed by atoms with E-state index in [2.05, 4.69) is 26.1 Å². The number of halogens is 3. The Balaban J connectivity index is 2.17. The van der Waals surface area contributed by atoms with E-state index in [0.717, 1.165) is 18.7 Å². The molecular formula is C12H10BrClFN3. The van der Waals surface area contributed by atoms with Crippen LogP contribution in [0.2, 0.25) is 5.02 Å². The molecule has 0 N–H and O–H groups in total. The van der Waals surface area contributed by atoms with Crippen LogP contribution in [0.25, 0.3) is 11.4 Å². The lowest BCUT2D eigenvalue weighted by Gasteiger charge is -2.08. The van der Waals surface area contributed by atoms with E-state index in [9.17, 15) is 4.39 Å². The summed E-state index contributed by atoms with van der Waals surface area (Å²) in [6.07, 6.45) is 2.18. The zero-order chi connectivity index (χ0) is 12.7. The van der Waals surface area contributed by atoms with Crippen molar-refractivity contribution in [2.45, 2.75) is 24.2 Å². The second kappa shape index (κ2) is 4.63. The zero-order valence-electron chi connectivity index (χ0n) is 9.41. The third-order valence-corrected chi connectivity index (χ3v) is 3.78. The number of hydrogen-bond donors (Lipinski definition) is 0. The maximum absolute atomic E-state index is 14.0. The van der Waals surface area contributed by atoms with Crippen molar-refractivity contribution in [1.29, 1.82) is 0 Å². The summed E-state index contributed by atoms with van der Waals surface area (Å²) in [5.41, 5.74) is 0.411. The van der Waals surface area contributed by atoms with Gasteiger partial charge in [0.2, 0.25) is 0 Å². The van der Waals surface area contributed by atoms with E-state index < -0.39 is 5.82 Å². The van der Waals surface area contributed by atoms with Crippen molar-refractivity contribution >= 4 is 27.5 Å². The number of rotatable bonds is 3. The van der Waals surface area contributed by atoms with Crippen LogP contribution in [0.1, 0.15) is 24.7 Å². The maximum atomic E-state index is 14.0. The largest absolute Gasteiger partial charge is 0.307 e. The van der Waals surface area contributed by atoms with Gasteiger partial charge in [-0.15, -0.1) is 10.2 Å². The first kappa shape index (κ1) is 12.1. The maximum Gasteiger partial charge on any atom is 0.167 e. The molecule has 0 radical (unpaired) electrons. The van der Waals surface area contributed by atoms with Crippen molar-refractivity contribution in [2.75, 3.05) is 0 Å². The number of alkyl halides is 1. The third kappa shape index (κ3) is 1.95. The molecule has 3 nitrogen and oxygen atoms in total. The molecule has 0 atom stereocenters. The molecule has 1 saturated carbocycles. The van der Waals surface area contributed by atoms with Gasteiger partial charge >= 0.3 is 0 Å². The summed E-state index contributed by atoms with van der Waals surface area (Å²) < 4.78 is 16.0. The van der Waals surface area contributed by atoms with Crippen LogP contribution in [-0.2, 0) is 5.33 Å². The smallest absolute Gasteiger partial charge is 0.167 e. The standard InChI is InChI=1S/C12H10BrClFN3/c13-6-10-16-17-12(18(10)7-4-5-7)8-2-1-3-9(14)11(8)15/h1-3,7H,4-6H2. The number of aromatic nitrogens is 3. The lowest BCUT2D eigenvalue weighted by molar-refractivity contribution is 0.626. The van der Waals surface area contributed by atoms with E-state index in [-0.39, 0.29) is 5.02 Å². The van der Waals surface area contributed by atoms with E-state index >= 15 is 0 Å². The average Bonchev–Trinajstić information content (AvgIpc) is 3.12. The summed E-state index contributed by atoms with van der Waals surface area (Å²) in [6, 6.07) is 5.33. The molecule has 0 unspecified atom stereocenters. The normalized spacial score (nSPS) is 15.1. The van der Waals surface area contributed by atoms with Crippen molar-refractivity contribution in [3.8, 4) is 11.4 Å². The van der Waals surface area contributed by atoms with Crippen molar-refractivity contribution < 1.29 is 4.39 Å². The SMILES string of the molecule is Fc1c(Cl)cccc1-c1nnc(CBr)n1C1CC1. The fourth-order valence-electron chi connectivity index (χ4n) is 1.99. The molecule has 1 aliphatic rings. The molecule has 1 heterocycles. The highest BCUT2D eigenvalue weighted by molar-refractivity contribution is 9.08. The third-order valence-electron chi connectivity index (χ3n) is 2.99. The topological polar surface area (TPSA) is 30.7 Å². The molecule has 94 valence electrons. The van der Waals surface area contributed by atoms with E-state index in [1.807, 2.05) is 4.57 Å². The summed E-state index contributed by atoms with van der Waals surface area (Å²) >= 11 is 9.19.